The molecular formula is C28H27N7O. The van der Waals surface area contributed by atoms with Gasteiger partial charge in [0.05, 0.1) is 23.6 Å². The summed E-state index contributed by atoms with van der Waals surface area (Å²) in [5, 5.41) is 5.00. The third-order valence-corrected chi connectivity index (χ3v) is 7.01. The fraction of sp³-hybridized carbons (Fsp3) is 0.250. The van der Waals surface area contributed by atoms with Gasteiger partial charge in [-0.3, -0.25) is 9.78 Å². The van der Waals surface area contributed by atoms with E-state index in [4.69, 9.17) is 0 Å². The molecule has 0 unspecified atom stereocenters. The molecule has 4 aromatic heterocycles. The van der Waals surface area contributed by atoms with Crippen LogP contribution in [0.3, 0.4) is 0 Å². The number of fused-ring (bicyclic) bond motifs is 1. The first-order valence-corrected chi connectivity index (χ1v) is 12.3. The smallest absolute Gasteiger partial charge is 0.258 e. The molecule has 5 heterocycles. The molecule has 0 aliphatic carbocycles. The van der Waals surface area contributed by atoms with Gasteiger partial charge in [-0.05, 0) is 73.7 Å². The van der Waals surface area contributed by atoms with Crippen molar-refractivity contribution in [2.75, 3.05) is 19.6 Å². The van der Waals surface area contributed by atoms with Gasteiger partial charge in [0.25, 0.3) is 5.56 Å². The van der Waals surface area contributed by atoms with Crippen LogP contribution in [-0.2, 0) is 6.42 Å². The summed E-state index contributed by atoms with van der Waals surface area (Å²) in [6.45, 7) is 3.17. The van der Waals surface area contributed by atoms with Gasteiger partial charge in [-0.1, -0.05) is 24.3 Å². The number of piperidine rings is 1. The topological polar surface area (TPSA) is 92.6 Å². The summed E-state index contributed by atoms with van der Waals surface area (Å²) in [7, 11) is 0. The lowest BCUT2D eigenvalue weighted by Crippen LogP contribution is -2.34. The van der Waals surface area contributed by atoms with Crippen molar-refractivity contribution in [3.05, 3.63) is 101 Å². The van der Waals surface area contributed by atoms with E-state index >= 15 is 0 Å². The highest BCUT2D eigenvalue weighted by Gasteiger charge is 2.21. The molecule has 180 valence electrons. The van der Waals surface area contributed by atoms with Crippen LogP contribution in [0.2, 0.25) is 0 Å². The molecule has 1 saturated heterocycles. The third kappa shape index (κ3) is 4.55. The zero-order chi connectivity index (χ0) is 24.3. The third-order valence-electron chi connectivity index (χ3n) is 7.01. The number of rotatable bonds is 6. The maximum Gasteiger partial charge on any atom is 0.258 e. The molecule has 0 amide bonds. The molecule has 5 aromatic rings. The number of hydrogen-bond acceptors (Lipinski definition) is 6. The minimum absolute atomic E-state index is 0.178. The van der Waals surface area contributed by atoms with E-state index in [9.17, 15) is 4.79 Å². The van der Waals surface area contributed by atoms with Crippen LogP contribution >= 0.6 is 0 Å². The molecular weight excluding hydrogens is 450 g/mol. The van der Waals surface area contributed by atoms with Crippen LogP contribution in [-0.4, -0.2) is 54.3 Å². The number of nitrogens with zero attached hydrogens (tertiary/aromatic N) is 6. The second-order valence-corrected chi connectivity index (χ2v) is 9.26. The minimum atomic E-state index is -0.178. The quantitative estimate of drug-likeness (QED) is 0.398. The van der Waals surface area contributed by atoms with E-state index in [1.165, 1.54) is 17.5 Å². The van der Waals surface area contributed by atoms with Gasteiger partial charge in [-0.15, -0.1) is 0 Å². The number of aromatic nitrogens is 6. The van der Waals surface area contributed by atoms with Crippen molar-refractivity contribution in [2.24, 2.45) is 0 Å². The van der Waals surface area contributed by atoms with Gasteiger partial charge in [-0.25, -0.2) is 14.6 Å². The molecule has 1 N–H and O–H groups in total. The zero-order valence-corrected chi connectivity index (χ0v) is 19.9. The normalized spacial score (nSPS) is 14.9. The Balaban J connectivity index is 1.07. The SMILES string of the molecule is O=c1[nH]cnc2c(-n3cc(CCN4CCC(c5cccc(-c6ccccn6)c5)CC4)cn3)nccc12. The fourth-order valence-electron chi connectivity index (χ4n) is 5.02. The van der Waals surface area contributed by atoms with Crippen LogP contribution in [0.5, 0.6) is 0 Å². The first-order valence-electron chi connectivity index (χ1n) is 12.3. The van der Waals surface area contributed by atoms with Gasteiger partial charge in [0.1, 0.15) is 5.52 Å². The minimum Gasteiger partial charge on any atom is -0.313 e. The summed E-state index contributed by atoms with van der Waals surface area (Å²) in [5.41, 5.74) is 5.14. The van der Waals surface area contributed by atoms with Crippen LogP contribution in [0.1, 0.15) is 29.9 Å². The van der Waals surface area contributed by atoms with Crippen molar-refractivity contribution in [2.45, 2.75) is 25.2 Å². The lowest BCUT2D eigenvalue weighted by atomic mass is 9.88. The summed E-state index contributed by atoms with van der Waals surface area (Å²) >= 11 is 0. The Labute approximate surface area is 208 Å². The van der Waals surface area contributed by atoms with Gasteiger partial charge in [0.2, 0.25) is 0 Å². The summed E-state index contributed by atoms with van der Waals surface area (Å²) < 4.78 is 1.71. The number of benzene rings is 1. The summed E-state index contributed by atoms with van der Waals surface area (Å²) in [6, 6.07) is 16.6. The second-order valence-electron chi connectivity index (χ2n) is 9.26. The molecule has 1 aromatic carbocycles. The van der Waals surface area contributed by atoms with E-state index in [-0.39, 0.29) is 5.56 Å². The lowest BCUT2D eigenvalue weighted by Gasteiger charge is -2.32. The first-order chi connectivity index (χ1) is 17.7. The number of pyridine rings is 2. The molecule has 1 aliphatic heterocycles. The molecule has 0 spiro atoms. The molecule has 0 bridgehead atoms. The number of nitrogens with one attached hydrogen (secondary N) is 1. The van der Waals surface area contributed by atoms with Gasteiger partial charge in [-0.2, -0.15) is 5.10 Å². The molecule has 0 radical (unpaired) electrons. The van der Waals surface area contributed by atoms with Crippen LogP contribution < -0.4 is 5.56 Å². The Morgan fingerprint density at radius 1 is 0.972 bits per heavy atom. The predicted octanol–water partition coefficient (Wildman–Crippen LogP) is 3.99. The van der Waals surface area contributed by atoms with Crippen molar-refractivity contribution in [3.63, 3.8) is 0 Å². The van der Waals surface area contributed by atoms with E-state index in [1.807, 2.05) is 30.7 Å². The molecule has 8 heteroatoms. The average molecular weight is 478 g/mol. The molecule has 0 atom stereocenters. The van der Waals surface area contributed by atoms with Crippen LogP contribution in [0, 0.1) is 0 Å². The molecule has 1 fully saturated rings. The van der Waals surface area contributed by atoms with E-state index in [1.54, 1.807) is 16.9 Å². The van der Waals surface area contributed by atoms with Gasteiger partial charge < -0.3 is 9.88 Å². The number of likely N-dealkylation sites (tertiary alicyclic amines) is 1. The maximum atomic E-state index is 12.1. The summed E-state index contributed by atoms with van der Waals surface area (Å²) in [5.74, 6) is 1.15. The highest BCUT2D eigenvalue weighted by molar-refractivity contribution is 5.83. The van der Waals surface area contributed by atoms with E-state index in [2.05, 4.69) is 60.3 Å². The largest absolute Gasteiger partial charge is 0.313 e. The molecule has 8 nitrogen and oxygen atoms in total. The van der Waals surface area contributed by atoms with Gasteiger partial charge >= 0.3 is 0 Å². The molecule has 1 aliphatic rings. The Hall–Kier alpha value is -4.17. The van der Waals surface area contributed by atoms with Crippen LogP contribution in [0.4, 0.5) is 0 Å². The number of aromatic amines is 1. The van der Waals surface area contributed by atoms with E-state index in [0.29, 0.717) is 22.6 Å². The van der Waals surface area contributed by atoms with Gasteiger partial charge in [0, 0.05) is 30.7 Å². The zero-order valence-electron chi connectivity index (χ0n) is 19.9. The fourth-order valence-corrected chi connectivity index (χ4v) is 5.02. The van der Waals surface area contributed by atoms with Crippen LogP contribution in [0.25, 0.3) is 28.0 Å². The first kappa shape index (κ1) is 22.3. The maximum absolute atomic E-state index is 12.1. The Morgan fingerprint density at radius 3 is 2.75 bits per heavy atom. The highest BCUT2D eigenvalue weighted by atomic mass is 16.1. The van der Waals surface area contributed by atoms with E-state index < -0.39 is 0 Å². The number of H-pyrrole nitrogens is 1. The predicted molar refractivity (Wildman–Crippen MR) is 139 cm³/mol. The Kier molecular flexibility index (Phi) is 6.09. The van der Waals surface area contributed by atoms with Crippen molar-refractivity contribution >= 4 is 10.9 Å². The van der Waals surface area contributed by atoms with E-state index in [0.717, 1.165) is 50.2 Å². The molecule has 0 saturated carbocycles. The lowest BCUT2D eigenvalue weighted by molar-refractivity contribution is 0.214. The molecule has 6 rings (SSSR count). The average Bonchev–Trinajstić information content (AvgIpc) is 3.42. The summed E-state index contributed by atoms with van der Waals surface area (Å²) in [6.07, 6.45) is 12.0. The highest BCUT2D eigenvalue weighted by Crippen LogP contribution is 2.30. The second kappa shape index (κ2) is 9.83. The Bertz CT molecular complexity index is 1530. The van der Waals surface area contributed by atoms with Crippen LogP contribution in [0.15, 0.2) is 84.4 Å². The number of hydrogen-bond donors (Lipinski definition) is 1. The van der Waals surface area contributed by atoms with Gasteiger partial charge in [0.15, 0.2) is 5.82 Å². The van der Waals surface area contributed by atoms with Crippen molar-refractivity contribution in [1.82, 2.24) is 34.6 Å². The monoisotopic (exact) mass is 477 g/mol. The van der Waals surface area contributed by atoms with Crippen molar-refractivity contribution in [1.29, 1.82) is 0 Å². The standard InChI is InChI=1S/C28H27N7O/c36-28-24-7-12-30-27(26(24)31-19-32-28)35-18-20(17-33-35)8-13-34-14-9-21(10-15-34)22-4-3-5-23(16-22)25-6-1-2-11-29-25/h1-7,11-12,16-19,21H,8-10,13-15H2,(H,31,32,36). The van der Waals surface area contributed by atoms with Crippen molar-refractivity contribution < 1.29 is 0 Å². The van der Waals surface area contributed by atoms with Crippen molar-refractivity contribution in [3.8, 4) is 17.1 Å². The Morgan fingerprint density at radius 2 is 1.89 bits per heavy atom. The summed E-state index contributed by atoms with van der Waals surface area (Å²) in [4.78, 5) is 30.4. The molecule has 36 heavy (non-hydrogen) atoms.